The first kappa shape index (κ1) is 22.3. The topological polar surface area (TPSA) is 85.3 Å². The summed E-state index contributed by atoms with van der Waals surface area (Å²) in [5, 5.41) is 11.1. The van der Waals surface area contributed by atoms with Gasteiger partial charge in [0.05, 0.1) is 16.0 Å². The van der Waals surface area contributed by atoms with Crippen LogP contribution in [0.4, 0.5) is 0 Å². The molecule has 3 aromatic carbocycles. The van der Waals surface area contributed by atoms with Crippen LogP contribution in [-0.4, -0.2) is 5.97 Å². The number of rotatable bonds is 3. The van der Waals surface area contributed by atoms with Gasteiger partial charge in [0, 0.05) is 21.7 Å². The minimum atomic E-state index is -0.602. The molecule has 1 unspecified atom stereocenters. The molecule has 0 saturated heterocycles. The van der Waals surface area contributed by atoms with Crippen molar-refractivity contribution >= 4 is 50.6 Å². The van der Waals surface area contributed by atoms with Gasteiger partial charge in [-0.3, -0.25) is 0 Å². The highest BCUT2D eigenvalue weighted by atomic mass is 35.5. The molecule has 0 amide bonds. The molecule has 1 aliphatic rings. The van der Waals surface area contributed by atoms with Crippen LogP contribution in [-0.2, 0) is 0 Å². The van der Waals surface area contributed by atoms with Crippen molar-refractivity contribution in [1.29, 1.82) is 5.26 Å². The predicted molar refractivity (Wildman–Crippen MR) is 134 cm³/mol. The fourth-order valence-corrected chi connectivity index (χ4v) is 5.78. The van der Waals surface area contributed by atoms with E-state index < -0.39 is 11.9 Å². The van der Waals surface area contributed by atoms with Crippen molar-refractivity contribution in [3.63, 3.8) is 0 Å². The average Bonchev–Trinajstić information content (AvgIpc) is 3.16. The Kier molecular flexibility index (Phi) is 5.70. The maximum Gasteiger partial charge on any atom is 0.355 e. The molecular formula is C26H16Cl2N2O3S. The smallest absolute Gasteiger partial charge is 0.355 e. The number of allylic oxidation sites excluding steroid dienone is 1. The molecule has 1 aliphatic heterocycles. The number of carbonyl (C=O) groups excluding carboxylic acids is 1. The number of nitrogens with two attached hydrogens (primary N) is 1. The van der Waals surface area contributed by atoms with Crippen LogP contribution in [0.25, 0.3) is 10.1 Å². The van der Waals surface area contributed by atoms with Crippen LogP contribution < -0.4 is 15.2 Å². The van der Waals surface area contributed by atoms with Crippen molar-refractivity contribution in [1.82, 2.24) is 0 Å². The highest BCUT2D eigenvalue weighted by molar-refractivity contribution is 7.21. The number of halogens is 2. The lowest BCUT2D eigenvalue weighted by molar-refractivity contribution is 0.0740. The quantitative estimate of drug-likeness (QED) is 0.240. The van der Waals surface area contributed by atoms with E-state index in [0.29, 0.717) is 21.7 Å². The fraction of sp³-hybridized carbons (Fsp3) is 0.0769. The van der Waals surface area contributed by atoms with Crippen molar-refractivity contribution in [2.24, 2.45) is 5.73 Å². The van der Waals surface area contributed by atoms with Crippen LogP contribution in [0.2, 0.25) is 10.0 Å². The lowest BCUT2D eigenvalue weighted by atomic mass is 9.83. The summed E-state index contributed by atoms with van der Waals surface area (Å²) in [4.78, 5) is 13.2. The SMILES string of the molecule is Cc1ccc(C2C(C#N)=C(N)Oc3cc(OC(=O)c4sc5cccc(Cl)c5c4Cl)ccc32)cc1. The third-order valence-corrected chi connectivity index (χ3v) is 7.54. The second-order valence-corrected chi connectivity index (χ2v) is 9.62. The maximum absolute atomic E-state index is 12.9. The number of aryl methyl sites for hydroxylation is 1. The van der Waals surface area contributed by atoms with Crippen LogP contribution in [0.15, 0.2) is 72.1 Å². The monoisotopic (exact) mass is 506 g/mol. The van der Waals surface area contributed by atoms with Gasteiger partial charge < -0.3 is 15.2 Å². The summed E-state index contributed by atoms with van der Waals surface area (Å²) in [6.45, 7) is 1.99. The minimum absolute atomic E-state index is 0.0197. The molecule has 0 fully saturated rings. The standard InChI is InChI=1S/C26H16Cl2N2O3S/c1-13-5-7-14(8-6-13)21-16-10-9-15(11-19(16)33-25(30)17(21)12-29)32-26(31)24-23(28)22-18(27)3-2-4-20(22)34-24/h2-11,21H,30H2,1H3. The number of hydrogen-bond donors (Lipinski definition) is 1. The fourth-order valence-electron chi connectivity index (χ4n) is 3.96. The van der Waals surface area contributed by atoms with E-state index in [9.17, 15) is 10.1 Å². The molecule has 168 valence electrons. The molecule has 1 aromatic heterocycles. The molecule has 5 nitrogen and oxygen atoms in total. The van der Waals surface area contributed by atoms with Crippen molar-refractivity contribution in [3.8, 4) is 17.6 Å². The van der Waals surface area contributed by atoms with E-state index in [1.165, 1.54) is 11.3 Å². The van der Waals surface area contributed by atoms with E-state index in [-0.39, 0.29) is 21.5 Å². The van der Waals surface area contributed by atoms with E-state index in [4.69, 9.17) is 38.4 Å². The molecule has 2 heterocycles. The summed E-state index contributed by atoms with van der Waals surface area (Å²) in [6, 6.07) is 20.4. The number of nitrogens with zero attached hydrogens (tertiary/aromatic N) is 1. The number of fused-ring (bicyclic) bond motifs is 2. The first-order chi connectivity index (χ1) is 16.4. The van der Waals surface area contributed by atoms with Crippen LogP contribution in [0.3, 0.4) is 0 Å². The Balaban J connectivity index is 1.50. The first-order valence-electron chi connectivity index (χ1n) is 10.2. The molecular weight excluding hydrogens is 491 g/mol. The normalized spacial score (nSPS) is 14.9. The van der Waals surface area contributed by atoms with Gasteiger partial charge in [-0.2, -0.15) is 5.26 Å². The number of nitriles is 1. The number of esters is 1. The van der Waals surface area contributed by atoms with Crippen LogP contribution in [0, 0.1) is 18.3 Å². The van der Waals surface area contributed by atoms with Gasteiger partial charge in [0.1, 0.15) is 28.0 Å². The first-order valence-corrected chi connectivity index (χ1v) is 11.8. The molecule has 8 heteroatoms. The number of benzene rings is 3. The third kappa shape index (κ3) is 3.78. The van der Waals surface area contributed by atoms with E-state index in [1.807, 2.05) is 37.3 Å². The highest BCUT2D eigenvalue weighted by Gasteiger charge is 2.31. The van der Waals surface area contributed by atoms with E-state index in [2.05, 4.69) is 6.07 Å². The zero-order valence-electron chi connectivity index (χ0n) is 17.8. The average molecular weight is 507 g/mol. The summed E-state index contributed by atoms with van der Waals surface area (Å²) in [6.07, 6.45) is 0. The number of hydrogen-bond acceptors (Lipinski definition) is 6. The molecule has 0 spiro atoms. The van der Waals surface area contributed by atoms with Gasteiger partial charge in [0.15, 0.2) is 0 Å². The second-order valence-electron chi connectivity index (χ2n) is 7.78. The predicted octanol–water partition coefficient (Wildman–Crippen LogP) is 6.95. The zero-order chi connectivity index (χ0) is 24.0. The molecule has 4 aromatic rings. The zero-order valence-corrected chi connectivity index (χ0v) is 20.1. The Labute approximate surface area is 209 Å². The molecule has 1 atom stereocenters. The molecule has 2 N–H and O–H groups in total. The summed E-state index contributed by atoms with van der Waals surface area (Å²) in [5.74, 6) is -0.295. The van der Waals surface area contributed by atoms with Crippen molar-refractivity contribution in [2.45, 2.75) is 12.8 Å². The molecule has 0 aliphatic carbocycles. The Morgan fingerprint density at radius 2 is 1.91 bits per heavy atom. The van der Waals surface area contributed by atoms with Gasteiger partial charge in [0.2, 0.25) is 5.88 Å². The molecule has 0 saturated carbocycles. The Morgan fingerprint density at radius 1 is 1.15 bits per heavy atom. The van der Waals surface area contributed by atoms with Crippen molar-refractivity contribution in [2.75, 3.05) is 0 Å². The lowest BCUT2D eigenvalue weighted by Crippen LogP contribution is -2.21. The Bertz CT molecular complexity index is 1530. The maximum atomic E-state index is 12.9. The van der Waals surface area contributed by atoms with Gasteiger partial charge in [0.25, 0.3) is 0 Å². The Hall–Kier alpha value is -3.50. The van der Waals surface area contributed by atoms with Crippen molar-refractivity contribution in [3.05, 3.63) is 104 Å². The number of ether oxygens (including phenoxy) is 2. The summed E-state index contributed by atoms with van der Waals surface area (Å²) in [5.41, 5.74) is 9.18. The number of carbonyl (C=O) groups is 1. The van der Waals surface area contributed by atoms with Gasteiger partial charge >= 0.3 is 5.97 Å². The minimum Gasteiger partial charge on any atom is -0.440 e. The largest absolute Gasteiger partial charge is 0.440 e. The third-order valence-electron chi connectivity index (χ3n) is 5.60. The molecule has 5 rings (SSSR count). The van der Waals surface area contributed by atoms with Gasteiger partial charge in [-0.1, -0.05) is 65.2 Å². The lowest BCUT2D eigenvalue weighted by Gasteiger charge is -2.26. The van der Waals surface area contributed by atoms with Crippen molar-refractivity contribution < 1.29 is 14.3 Å². The van der Waals surface area contributed by atoms with Gasteiger partial charge in [-0.05, 0) is 30.7 Å². The second kappa shape index (κ2) is 8.69. The Morgan fingerprint density at radius 3 is 2.62 bits per heavy atom. The van der Waals surface area contributed by atoms with Gasteiger partial charge in [-0.15, -0.1) is 11.3 Å². The van der Waals surface area contributed by atoms with E-state index >= 15 is 0 Å². The van der Waals surface area contributed by atoms with E-state index in [0.717, 1.165) is 21.4 Å². The van der Waals surface area contributed by atoms with Crippen LogP contribution in [0.1, 0.15) is 32.3 Å². The summed E-state index contributed by atoms with van der Waals surface area (Å²) >= 11 is 13.9. The highest BCUT2D eigenvalue weighted by Crippen LogP contribution is 2.44. The summed E-state index contributed by atoms with van der Waals surface area (Å²) in [7, 11) is 0. The molecule has 0 radical (unpaired) electrons. The summed E-state index contributed by atoms with van der Waals surface area (Å²) < 4.78 is 12.1. The van der Waals surface area contributed by atoms with E-state index in [1.54, 1.807) is 30.3 Å². The molecule has 34 heavy (non-hydrogen) atoms. The number of thiophene rings is 1. The molecule has 0 bridgehead atoms. The van der Waals surface area contributed by atoms with Crippen LogP contribution in [0.5, 0.6) is 11.5 Å². The van der Waals surface area contributed by atoms with Gasteiger partial charge in [-0.25, -0.2) is 4.79 Å². The van der Waals surface area contributed by atoms with Crippen LogP contribution >= 0.6 is 34.5 Å².